The lowest BCUT2D eigenvalue weighted by Crippen LogP contribution is -2.39. The van der Waals surface area contributed by atoms with Gasteiger partial charge in [-0.25, -0.2) is 0 Å². The largest absolute Gasteiger partial charge is 0.480 e. The maximum absolute atomic E-state index is 13.0. The van der Waals surface area contributed by atoms with Crippen molar-refractivity contribution in [3.8, 4) is 0 Å². The third-order valence-corrected chi connectivity index (χ3v) is 2.56. The molecular formula is C12H10F3N5O4. The molecule has 0 unspecified atom stereocenters. The molecule has 12 heteroatoms. The summed E-state index contributed by atoms with van der Waals surface area (Å²) in [6.07, 6.45) is -4.89. The molecule has 3 N–H and O–H groups in total. The number of carboxylic acids is 1. The van der Waals surface area contributed by atoms with Gasteiger partial charge in [-0.3, -0.25) is 14.4 Å². The Bertz CT molecular complexity index is 713. The van der Waals surface area contributed by atoms with Gasteiger partial charge in [0.1, 0.15) is 6.54 Å². The molecular weight excluding hydrogens is 335 g/mol. The van der Waals surface area contributed by atoms with E-state index < -0.39 is 48.2 Å². The number of benzene rings is 1. The Labute approximate surface area is 132 Å². The number of nitrogens with zero attached hydrogens (tertiary/aromatic N) is 3. The van der Waals surface area contributed by atoms with Crippen molar-refractivity contribution in [1.82, 2.24) is 10.6 Å². The summed E-state index contributed by atoms with van der Waals surface area (Å²) >= 11 is 0. The Morgan fingerprint density at radius 1 is 1.21 bits per heavy atom. The van der Waals surface area contributed by atoms with Crippen molar-refractivity contribution in [2.75, 3.05) is 13.1 Å². The fraction of sp³-hybridized carbons (Fsp3) is 0.250. The van der Waals surface area contributed by atoms with Gasteiger partial charge in [-0.05, 0) is 17.7 Å². The number of aliphatic carboxylic acids is 1. The lowest BCUT2D eigenvalue weighted by Gasteiger charge is -2.13. The van der Waals surface area contributed by atoms with Crippen LogP contribution < -0.4 is 10.6 Å². The first kappa shape index (κ1) is 18.8. The molecule has 0 atom stereocenters. The number of hydrogen-bond acceptors (Lipinski definition) is 4. The van der Waals surface area contributed by atoms with Gasteiger partial charge in [-0.2, -0.15) is 13.2 Å². The van der Waals surface area contributed by atoms with Crippen LogP contribution >= 0.6 is 0 Å². The molecule has 0 aliphatic carbocycles. The Kier molecular flexibility index (Phi) is 6.13. The summed E-state index contributed by atoms with van der Waals surface area (Å²) in [6, 6.07) is 2.31. The van der Waals surface area contributed by atoms with Gasteiger partial charge in [0.2, 0.25) is 5.91 Å². The highest BCUT2D eigenvalue weighted by Gasteiger charge is 2.35. The summed E-state index contributed by atoms with van der Waals surface area (Å²) in [4.78, 5) is 35.6. The summed E-state index contributed by atoms with van der Waals surface area (Å²) in [6.45, 7) is -1.40. The maximum atomic E-state index is 13.0. The fourth-order valence-corrected chi connectivity index (χ4v) is 1.57. The van der Waals surface area contributed by atoms with E-state index in [0.717, 1.165) is 12.1 Å². The number of carbonyl (C=O) groups excluding carboxylic acids is 2. The van der Waals surface area contributed by atoms with Gasteiger partial charge in [0, 0.05) is 10.6 Å². The number of carboxylic acid groups (broad SMARTS) is 1. The Morgan fingerprint density at radius 3 is 2.42 bits per heavy atom. The van der Waals surface area contributed by atoms with E-state index in [9.17, 15) is 27.6 Å². The van der Waals surface area contributed by atoms with Gasteiger partial charge < -0.3 is 15.7 Å². The number of azide groups is 1. The highest BCUT2D eigenvalue weighted by atomic mass is 19.4. The van der Waals surface area contributed by atoms with Gasteiger partial charge in [-0.1, -0.05) is 11.2 Å². The standard InChI is InChI=1S/C12H10F3N5O4/c13-12(14,15)8-3-6(19-20-16)1-2-7(8)11(24)18-4-9(21)17-5-10(22)23/h1-3H,4-5H2,(H,17,21)(H,18,24)(H,22,23). The maximum Gasteiger partial charge on any atom is 0.417 e. The number of nitrogens with one attached hydrogen (secondary N) is 2. The predicted octanol–water partition coefficient (Wildman–Crippen LogP) is 1.58. The number of halogens is 3. The molecule has 2 amide bonds. The van der Waals surface area contributed by atoms with Gasteiger partial charge >= 0.3 is 12.1 Å². The van der Waals surface area contributed by atoms with Crippen molar-refractivity contribution >= 4 is 23.5 Å². The molecule has 0 saturated heterocycles. The molecule has 0 fully saturated rings. The summed E-state index contributed by atoms with van der Waals surface area (Å²) in [7, 11) is 0. The third-order valence-electron chi connectivity index (χ3n) is 2.56. The van der Waals surface area contributed by atoms with Gasteiger partial charge in [0.15, 0.2) is 0 Å². The van der Waals surface area contributed by atoms with Gasteiger partial charge in [-0.15, -0.1) is 0 Å². The zero-order valence-electron chi connectivity index (χ0n) is 11.8. The molecule has 0 aliphatic heterocycles. The topological polar surface area (TPSA) is 144 Å². The Morgan fingerprint density at radius 2 is 1.88 bits per heavy atom. The molecule has 0 radical (unpaired) electrons. The second kappa shape index (κ2) is 7.83. The van der Waals surface area contributed by atoms with Gasteiger partial charge in [0.05, 0.1) is 17.7 Å². The minimum absolute atomic E-state index is 0.333. The number of alkyl halides is 3. The molecule has 24 heavy (non-hydrogen) atoms. The van der Waals surface area contributed by atoms with E-state index in [1.807, 2.05) is 10.6 Å². The van der Waals surface area contributed by atoms with E-state index in [1.54, 1.807) is 0 Å². The quantitative estimate of drug-likeness (QED) is 0.408. The van der Waals surface area contributed by atoms with Crippen molar-refractivity contribution in [2.24, 2.45) is 5.11 Å². The van der Waals surface area contributed by atoms with Crippen LogP contribution in [0.5, 0.6) is 0 Å². The smallest absolute Gasteiger partial charge is 0.417 e. The van der Waals surface area contributed by atoms with E-state index >= 15 is 0 Å². The summed E-state index contributed by atoms with van der Waals surface area (Å²) in [5.41, 5.74) is 5.80. The Balaban J connectivity index is 2.92. The van der Waals surface area contributed by atoms with E-state index in [-0.39, 0.29) is 5.69 Å². The number of hydrogen-bond donors (Lipinski definition) is 3. The molecule has 1 aromatic rings. The highest BCUT2D eigenvalue weighted by Crippen LogP contribution is 2.34. The lowest BCUT2D eigenvalue weighted by molar-refractivity contribution is -0.138. The lowest BCUT2D eigenvalue weighted by atomic mass is 10.1. The second-order valence-corrected chi connectivity index (χ2v) is 4.27. The second-order valence-electron chi connectivity index (χ2n) is 4.27. The number of rotatable bonds is 6. The summed E-state index contributed by atoms with van der Waals surface area (Å²) < 4.78 is 38.9. The third kappa shape index (κ3) is 5.50. The molecule has 0 spiro atoms. The van der Waals surface area contributed by atoms with Crippen LogP contribution in [-0.2, 0) is 15.8 Å². The van der Waals surface area contributed by atoms with Crippen molar-refractivity contribution in [3.05, 3.63) is 39.8 Å². The average Bonchev–Trinajstić information content (AvgIpc) is 2.50. The molecule has 0 bridgehead atoms. The minimum atomic E-state index is -4.89. The molecule has 9 nitrogen and oxygen atoms in total. The monoisotopic (exact) mass is 345 g/mol. The van der Waals surface area contributed by atoms with Crippen LogP contribution in [0.2, 0.25) is 0 Å². The summed E-state index contributed by atoms with van der Waals surface area (Å²) in [5.74, 6) is -3.40. The first-order valence-electron chi connectivity index (χ1n) is 6.18. The van der Waals surface area contributed by atoms with E-state index in [1.165, 1.54) is 0 Å². The average molecular weight is 345 g/mol. The van der Waals surface area contributed by atoms with Crippen molar-refractivity contribution in [2.45, 2.75) is 6.18 Å². The van der Waals surface area contributed by atoms with Crippen LogP contribution in [0.25, 0.3) is 10.4 Å². The molecule has 128 valence electrons. The van der Waals surface area contributed by atoms with Gasteiger partial charge in [0.25, 0.3) is 5.91 Å². The van der Waals surface area contributed by atoms with Crippen molar-refractivity contribution in [3.63, 3.8) is 0 Å². The Hall–Kier alpha value is -3.27. The van der Waals surface area contributed by atoms with Crippen LogP contribution in [0.1, 0.15) is 15.9 Å². The van der Waals surface area contributed by atoms with Crippen LogP contribution in [0, 0.1) is 0 Å². The van der Waals surface area contributed by atoms with E-state index in [2.05, 4.69) is 10.0 Å². The summed E-state index contributed by atoms with van der Waals surface area (Å²) in [5, 5.41) is 15.2. The van der Waals surface area contributed by atoms with Crippen LogP contribution in [0.4, 0.5) is 18.9 Å². The molecule has 1 rings (SSSR count). The fourth-order valence-electron chi connectivity index (χ4n) is 1.57. The normalized spacial score (nSPS) is 10.5. The minimum Gasteiger partial charge on any atom is -0.480 e. The number of amides is 2. The van der Waals surface area contributed by atoms with Crippen LogP contribution in [-0.4, -0.2) is 36.0 Å². The number of carbonyl (C=O) groups is 3. The van der Waals surface area contributed by atoms with E-state index in [0.29, 0.717) is 6.07 Å². The van der Waals surface area contributed by atoms with Crippen molar-refractivity contribution < 1.29 is 32.7 Å². The molecule has 1 aromatic carbocycles. The van der Waals surface area contributed by atoms with Crippen LogP contribution in [0.3, 0.4) is 0 Å². The highest BCUT2D eigenvalue weighted by molar-refractivity contribution is 5.98. The molecule has 0 saturated carbocycles. The molecule has 0 heterocycles. The predicted molar refractivity (Wildman–Crippen MR) is 73.2 cm³/mol. The van der Waals surface area contributed by atoms with Crippen LogP contribution in [0.15, 0.2) is 23.3 Å². The van der Waals surface area contributed by atoms with E-state index in [4.69, 9.17) is 10.6 Å². The first-order valence-corrected chi connectivity index (χ1v) is 6.18. The SMILES string of the molecule is [N-]=[N+]=Nc1ccc(C(=O)NCC(=O)NCC(=O)O)c(C(F)(F)F)c1. The zero-order chi connectivity index (χ0) is 18.3. The molecule has 0 aliphatic rings. The first-order chi connectivity index (χ1) is 11.1. The molecule has 0 aromatic heterocycles. The zero-order valence-corrected chi connectivity index (χ0v) is 11.8. The van der Waals surface area contributed by atoms with Crippen molar-refractivity contribution in [1.29, 1.82) is 0 Å².